The van der Waals surface area contributed by atoms with E-state index in [1.165, 1.54) is 18.5 Å². The zero-order valence-electron chi connectivity index (χ0n) is 8.24. The minimum atomic E-state index is -0.861. The van der Waals surface area contributed by atoms with Crippen molar-refractivity contribution >= 4 is 0 Å². The third kappa shape index (κ3) is 1.30. The molecule has 1 aliphatic heterocycles. The van der Waals surface area contributed by atoms with Crippen molar-refractivity contribution in [3.63, 3.8) is 0 Å². The molecule has 0 saturated heterocycles. The van der Waals surface area contributed by atoms with Gasteiger partial charge in [0, 0.05) is 12.6 Å². The first-order chi connectivity index (χ1) is 7.75. The first-order valence-corrected chi connectivity index (χ1v) is 4.83. The van der Waals surface area contributed by atoms with Crippen molar-refractivity contribution in [1.82, 2.24) is 20.1 Å². The Morgan fingerprint density at radius 3 is 2.88 bits per heavy atom. The summed E-state index contributed by atoms with van der Waals surface area (Å²) in [6, 6.07) is 2.37. The predicted molar refractivity (Wildman–Crippen MR) is 51.8 cm³/mol. The van der Waals surface area contributed by atoms with E-state index < -0.39 is 11.6 Å². The standard InChI is InChI=1S/C10H8F2N4/c11-7-1-6-3-13-4-10-15-14-5-16(10)9(6)2-8(7)12/h1-2,5,13H,3-4H2. The van der Waals surface area contributed by atoms with E-state index in [9.17, 15) is 8.78 Å². The molecule has 0 aliphatic carbocycles. The quantitative estimate of drug-likeness (QED) is 0.727. The molecule has 82 valence electrons. The van der Waals surface area contributed by atoms with Crippen molar-refractivity contribution in [2.45, 2.75) is 13.1 Å². The van der Waals surface area contributed by atoms with E-state index in [-0.39, 0.29) is 0 Å². The van der Waals surface area contributed by atoms with E-state index >= 15 is 0 Å². The molecule has 0 amide bonds. The minimum absolute atomic E-state index is 0.482. The maximum absolute atomic E-state index is 13.2. The Balaban J connectivity index is 2.27. The molecule has 0 fully saturated rings. The van der Waals surface area contributed by atoms with Crippen LogP contribution >= 0.6 is 0 Å². The largest absolute Gasteiger partial charge is 0.306 e. The highest BCUT2D eigenvalue weighted by molar-refractivity contribution is 5.43. The smallest absolute Gasteiger partial charge is 0.160 e. The number of rotatable bonds is 0. The maximum Gasteiger partial charge on any atom is 0.160 e. The van der Waals surface area contributed by atoms with Crippen molar-refractivity contribution in [3.8, 4) is 5.69 Å². The van der Waals surface area contributed by atoms with Crippen LogP contribution in [-0.2, 0) is 13.1 Å². The summed E-state index contributed by atoms with van der Waals surface area (Å²) in [6.07, 6.45) is 1.50. The van der Waals surface area contributed by atoms with Crippen LogP contribution < -0.4 is 5.32 Å². The summed E-state index contributed by atoms with van der Waals surface area (Å²) in [5, 5.41) is 10.7. The number of hydrogen-bond acceptors (Lipinski definition) is 3. The number of benzene rings is 1. The Morgan fingerprint density at radius 2 is 2.00 bits per heavy atom. The fraction of sp³-hybridized carbons (Fsp3) is 0.200. The highest BCUT2D eigenvalue weighted by Gasteiger charge is 2.17. The van der Waals surface area contributed by atoms with Gasteiger partial charge in [0.2, 0.25) is 0 Å². The van der Waals surface area contributed by atoms with Gasteiger partial charge in [0.05, 0.1) is 12.2 Å². The van der Waals surface area contributed by atoms with E-state index in [0.29, 0.717) is 30.2 Å². The summed E-state index contributed by atoms with van der Waals surface area (Å²) < 4.78 is 28.0. The van der Waals surface area contributed by atoms with Gasteiger partial charge >= 0.3 is 0 Å². The van der Waals surface area contributed by atoms with Gasteiger partial charge < -0.3 is 5.32 Å². The molecule has 1 aliphatic rings. The van der Waals surface area contributed by atoms with Gasteiger partial charge in [0.1, 0.15) is 6.33 Å². The zero-order valence-corrected chi connectivity index (χ0v) is 8.24. The Bertz CT molecular complexity index is 550. The Hall–Kier alpha value is -1.82. The highest BCUT2D eigenvalue weighted by Crippen LogP contribution is 2.22. The summed E-state index contributed by atoms with van der Waals surface area (Å²) in [5.74, 6) is -1.01. The molecular weight excluding hydrogens is 214 g/mol. The van der Waals surface area contributed by atoms with Gasteiger partial charge in [-0.3, -0.25) is 4.57 Å². The maximum atomic E-state index is 13.2. The van der Waals surface area contributed by atoms with Gasteiger partial charge in [-0.1, -0.05) is 0 Å². The summed E-state index contributed by atoms with van der Waals surface area (Å²) in [5.41, 5.74) is 1.28. The number of aromatic nitrogens is 3. The van der Waals surface area contributed by atoms with Gasteiger partial charge in [-0.2, -0.15) is 0 Å². The second-order valence-electron chi connectivity index (χ2n) is 3.62. The van der Waals surface area contributed by atoms with E-state index in [1.54, 1.807) is 4.57 Å². The molecule has 1 aromatic heterocycles. The SMILES string of the molecule is Fc1cc2c(cc1F)-n1cnnc1CNC2. The van der Waals surface area contributed by atoms with Crippen LogP contribution in [0.1, 0.15) is 11.4 Å². The lowest BCUT2D eigenvalue weighted by molar-refractivity contribution is 0.506. The lowest BCUT2D eigenvalue weighted by Gasteiger charge is -2.08. The number of hydrogen-bond donors (Lipinski definition) is 1. The van der Waals surface area contributed by atoms with E-state index in [4.69, 9.17) is 0 Å². The summed E-state index contributed by atoms with van der Waals surface area (Å²) in [4.78, 5) is 0. The molecule has 2 heterocycles. The molecule has 0 atom stereocenters. The molecule has 0 bridgehead atoms. The Morgan fingerprint density at radius 1 is 1.19 bits per heavy atom. The molecule has 1 N–H and O–H groups in total. The lowest BCUT2D eigenvalue weighted by atomic mass is 10.1. The molecule has 0 radical (unpaired) electrons. The van der Waals surface area contributed by atoms with E-state index in [0.717, 1.165) is 0 Å². The summed E-state index contributed by atoms with van der Waals surface area (Å²) >= 11 is 0. The summed E-state index contributed by atoms with van der Waals surface area (Å²) in [7, 11) is 0. The summed E-state index contributed by atoms with van der Waals surface area (Å²) in [6.45, 7) is 1.01. The van der Waals surface area contributed by atoms with Gasteiger partial charge in [-0.05, 0) is 11.6 Å². The Labute approximate surface area is 89.9 Å². The number of fused-ring (bicyclic) bond motifs is 3. The number of nitrogens with one attached hydrogen (secondary N) is 1. The van der Waals surface area contributed by atoms with Crippen LogP contribution in [0, 0.1) is 11.6 Å². The van der Waals surface area contributed by atoms with Gasteiger partial charge in [0.15, 0.2) is 17.5 Å². The second-order valence-corrected chi connectivity index (χ2v) is 3.62. The zero-order chi connectivity index (χ0) is 11.1. The molecule has 1 aromatic carbocycles. The van der Waals surface area contributed by atoms with Crippen molar-refractivity contribution < 1.29 is 8.78 Å². The minimum Gasteiger partial charge on any atom is -0.306 e. The van der Waals surface area contributed by atoms with Crippen LogP contribution in [0.2, 0.25) is 0 Å². The van der Waals surface area contributed by atoms with Crippen molar-refractivity contribution in [3.05, 3.63) is 41.5 Å². The van der Waals surface area contributed by atoms with Crippen LogP contribution in [0.25, 0.3) is 5.69 Å². The van der Waals surface area contributed by atoms with Crippen LogP contribution in [0.3, 0.4) is 0 Å². The second kappa shape index (κ2) is 3.34. The normalized spacial score (nSPS) is 14.1. The number of nitrogens with zero attached hydrogens (tertiary/aromatic N) is 3. The fourth-order valence-corrected chi connectivity index (χ4v) is 1.83. The van der Waals surface area contributed by atoms with Crippen LogP contribution in [0.15, 0.2) is 18.5 Å². The van der Waals surface area contributed by atoms with Crippen LogP contribution in [0.5, 0.6) is 0 Å². The van der Waals surface area contributed by atoms with Crippen molar-refractivity contribution in [2.75, 3.05) is 0 Å². The first kappa shape index (κ1) is 9.41. The molecule has 4 nitrogen and oxygen atoms in total. The van der Waals surface area contributed by atoms with Gasteiger partial charge in [0.25, 0.3) is 0 Å². The molecule has 6 heteroatoms. The van der Waals surface area contributed by atoms with Crippen LogP contribution in [-0.4, -0.2) is 14.8 Å². The molecule has 16 heavy (non-hydrogen) atoms. The highest BCUT2D eigenvalue weighted by atomic mass is 19.2. The first-order valence-electron chi connectivity index (χ1n) is 4.83. The molecule has 0 spiro atoms. The topological polar surface area (TPSA) is 42.7 Å². The molecule has 3 rings (SSSR count). The predicted octanol–water partition coefficient (Wildman–Crippen LogP) is 1.15. The van der Waals surface area contributed by atoms with Crippen molar-refractivity contribution in [1.29, 1.82) is 0 Å². The monoisotopic (exact) mass is 222 g/mol. The molecule has 2 aromatic rings. The molecule has 0 unspecified atom stereocenters. The third-order valence-electron chi connectivity index (χ3n) is 2.60. The van der Waals surface area contributed by atoms with Crippen molar-refractivity contribution in [2.24, 2.45) is 0 Å². The molecular formula is C10H8F2N4. The third-order valence-corrected chi connectivity index (χ3v) is 2.60. The molecule has 0 saturated carbocycles. The average molecular weight is 222 g/mol. The van der Waals surface area contributed by atoms with Gasteiger partial charge in [-0.25, -0.2) is 8.78 Å². The fourth-order valence-electron chi connectivity index (χ4n) is 1.83. The number of halogens is 2. The van der Waals surface area contributed by atoms with Gasteiger partial charge in [-0.15, -0.1) is 10.2 Å². The lowest BCUT2D eigenvalue weighted by Crippen LogP contribution is -2.11. The van der Waals surface area contributed by atoms with Crippen LogP contribution in [0.4, 0.5) is 8.78 Å². The van der Waals surface area contributed by atoms with E-state index in [2.05, 4.69) is 15.5 Å². The Kier molecular flexibility index (Phi) is 1.97. The van der Waals surface area contributed by atoms with E-state index in [1.807, 2.05) is 0 Å². The average Bonchev–Trinajstić information content (AvgIpc) is 2.65.